The van der Waals surface area contributed by atoms with Crippen molar-refractivity contribution in [3.63, 3.8) is 0 Å². The normalized spacial score (nSPS) is 10.4. The Hall–Kier alpha value is -1.68. The summed E-state index contributed by atoms with van der Waals surface area (Å²) in [6.07, 6.45) is 0. The molecule has 0 saturated heterocycles. The summed E-state index contributed by atoms with van der Waals surface area (Å²) in [5.41, 5.74) is 3.46. The van der Waals surface area contributed by atoms with E-state index in [9.17, 15) is 9.18 Å². The molecule has 1 aromatic carbocycles. The predicted octanol–water partition coefficient (Wildman–Crippen LogP) is 3.43. The van der Waals surface area contributed by atoms with Gasteiger partial charge in [-0.1, -0.05) is 0 Å². The average Bonchev–Trinajstić information content (AvgIpc) is 2.72. The van der Waals surface area contributed by atoms with Crippen LogP contribution in [0.25, 0.3) is 0 Å². The van der Waals surface area contributed by atoms with Gasteiger partial charge in [-0.15, -0.1) is 0 Å². The summed E-state index contributed by atoms with van der Waals surface area (Å²) in [7, 11) is 0. The molecule has 0 saturated carbocycles. The molecular weight excluding hydrogens is 249 g/mol. The zero-order chi connectivity index (χ0) is 13.1. The van der Waals surface area contributed by atoms with Crippen molar-refractivity contribution in [2.45, 2.75) is 20.4 Å². The van der Waals surface area contributed by atoms with E-state index in [1.807, 2.05) is 17.7 Å². The van der Waals surface area contributed by atoms with E-state index in [1.54, 1.807) is 18.3 Å². The van der Waals surface area contributed by atoms with Gasteiger partial charge >= 0.3 is 0 Å². The summed E-state index contributed by atoms with van der Waals surface area (Å²) in [4.78, 5) is 12.0. The zero-order valence-electron chi connectivity index (χ0n) is 10.3. The van der Waals surface area contributed by atoms with Crippen LogP contribution in [0.2, 0.25) is 0 Å². The second-order valence-corrected chi connectivity index (χ2v) is 4.97. The highest BCUT2D eigenvalue weighted by atomic mass is 32.1. The van der Waals surface area contributed by atoms with E-state index < -0.39 is 0 Å². The molecule has 0 atom stereocenters. The number of amides is 1. The fourth-order valence-electron chi connectivity index (χ4n) is 1.72. The van der Waals surface area contributed by atoms with Crippen LogP contribution >= 0.6 is 11.3 Å². The molecule has 1 amide bonds. The number of aryl methyl sites for hydroxylation is 2. The van der Waals surface area contributed by atoms with Crippen molar-refractivity contribution in [2.75, 3.05) is 0 Å². The molecule has 0 fully saturated rings. The molecular formula is C14H14FNOS. The van der Waals surface area contributed by atoms with Gasteiger partial charge < -0.3 is 5.32 Å². The molecule has 1 N–H and O–H groups in total. The Bertz CT molecular complexity index is 577. The van der Waals surface area contributed by atoms with Gasteiger partial charge in [0.25, 0.3) is 5.91 Å². The summed E-state index contributed by atoms with van der Waals surface area (Å²) < 4.78 is 12.9. The second kappa shape index (κ2) is 5.31. The first kappa shape index (κ1) is 12.8. The minimum absolute atomic E-state index is 0.168. The van der Waals surface area contributed by atoms with Gasteiger partial charge in [-0.3, -0.25) is 4.79 Å². The third-order valence-corrected chi connectivity index (χ3v) is 3.74. The number of hydrogen-bond donors (Lipinski definition) is 1. The van der Waals surface area contributed by atoms with Crippen LogP contribution in [0.4, 0.5) is 4.39 Å². The first-order valence-corrected chi connectivity index (χ1v) is 6.58. The number of rotatable bonds is 3. The molecule has 2 nitrogen and oxygen atoms in total. The van der Waals surface area contributed by atoms with E-state index in [2.05, 4.69) is 5.32 Å². The Balaban J connectivity index is 2.06. The van der Waals surface area contributed by atoms with Gasteiger partial charge in [0.05, 0.1) is 0 Å². The zero-order valence-corrected chi connectivity index (χ0v) is 11.1. The van der Waals surface area contributed by atoms with Crippen molar-refractivity contribution in [3.8, 4) is 0 Å². The molecule has 0 aliphatic heterocycles. The highest BCUT2D eigenvalue weighted by Gasteiger charge is 2.09. The summed E-state index contributed by atoms with van der Waals surface area (Å²) in [5.74, 6) is -0.490. The third-order valence-electron chi connectivity index (χ3n) is 2.83. The minimum atomic E-state index is -0.322. The molecule has 0 spiro atoms. The molecule has 94 valence electrons. The van der Waals surface area contributed by atoms with Crippen LogP contribution in [-0.2, 0) is 6.54 Å². The predicted molar refractivity (Wildman–Crippen MR) is 71.4 cm³/mol. The summed E-state index contributed by atoms with van der Waals surface area (Å²) in [6, 6.07) is 4.18. The van der Waals surface area contributed by atoms with Gasteiger partial charge in [0, 0.05) is 12.1 Å². The van der Waals surface area contributed by atoms with Gasteiger partial charge in [0.15, 0.2) is 0 Å². The van der Waals surface area contributed by atoms with Gasteiger partial charge in [0.2, 0.25) is 0 Å². The van der Waals surface area contributed by atoms with E-state index in [-0.39, 0.29) is 11.7 Å². The number of halogens is 1. The molecule has 1 aromatic heterocycles. The maximum Gasteiger partial charge on any atom is 0.251 e. The number of carbonyl (C=O) groups is 1. The maximum atomic E-state index is 12.9. The number of hydrogen-bond acceptors (Lipinski definition) is 2. The molecule has 18 heavy (non-hydrogen) atoms. The van der Waals surface area contributed by atoms with Crippen LogP contribution in [0.15, 0.2) is 29.0 Å². The smallest absolute Gasteiger partial charge is 0.251 e. The van der Waals surface area contributed by atoms with Crippen molar-refractivity contribution >= 4 is 17.2 Å². The van der Waals surface area contributed by atoms with Gasteiger partial charge in [-0.2, -0.15) is 11.3 Å². The van der Waals surface area contributed by atoms with Crippen molar-refractivity contribution < 1.29 is 9.18 Å². The Morgan fingerprint density at radius 3 is 2.67 bits per heavy atom. The van der Waals surface area contributed by atoms with Crippen molar-refractivity contribution in [1.82, 2.24) is 5.32 Å². The largest absolute Gasteiger partial charge is 0.348 e. The van der Waals surface area contributed by atoms with Crippen molar-refractivity contribution in [2.24, 2.45) is 0 Å². The van der Waals surface area contributed by atoms with E-state index in [0.29, 0.717) is 17.7 Å². The lowest BCUT2D eigenvalue weighted by molar-refractivity contribution is 0.0950. The van der Waals surface area contributed by atoms with Crippen LogP contribution in [0.1, 0.15) is 27.0 Å². The molecule has 2 aromatic rings. The van der Waals surface area contributed by atoms with E-state index in [1.165, 1.54) is 23.8 Å². The monoisotopic (exact) mass is 263 g/mol. The van der Waals surface area contributed by atoms with Crippen LogP contribution in [0.3, 0.4) is 0 Å². The molecule has 4 heteroatoms. The molecule has 0 unspecified atom stereocenters. The highest BCUT2D eigenvalue weighted by molar-refractivity contribution is 7.08. The van der Waals surface area contributed by atoms with Crippen molar-refractivity contribution in [1.29, 1.82) is 0 Å². The van der Waals surface area contributed by atoms with Gasteiger partial charge in [-0.05, 0) is 59.5 Å². The maximum absolute atomic E-state index is 12.9. The first-order chi connectivity index (χ1) is 8.58. The summed E-state index contributed by atoms with van der Waals surface area (Å²) in [6.45, 7) is 4.25. The number of nitrogens with one attached hydrogen (secondary N) is 1. The Morgan fingerprint density at radius 2 is 2.06 bits per heavy atom. The molecule has 0 aliphatic rings. The molecule has 0 radical (unpaired) electrons. The third kappa shape index (κ3) is 2.76. The fourth-order valence-corrected chi connectivity index (χ4v) is 2.58. The van der Waals surface area contributed by atoms with Gasteiger partial charge in [-0.25, -0.2) is 4.39 Å². The lowest BCUT2D eigenvalue weighted by atomic mass is 10.1. The minimum Gasteiger partial charge on any atom is -0.348 e. The quantitative estimate of drug-likeness (QED) is 0.903. The molecule has 1 heterocycles. The summed E-state index contributed by atoms with van der Waals surface area (Å²) >= 11 is 1.62. The van der Waals surface area contributed by atoms with Crippen LogP contribution in [-0.4, -0.2) is 5.91 Å². The average molecular weight is 263 g/mol. The Labute approximate surface area is 109 Å². The topological polar surface area (TPSA) is 29.1 Å². The van der Waals surface area contributed by atoms with E-state index in [0.717, 1.165) is 5.56 Å². The van der Waals surface area contributed by atoms with Gasteiger partial charge in [0.1, 0.15) is 5.82 Å². The van der Waals surface area contributed by atoms with Crippen LogP contribution < -0.4 is 5.32 Å². The summed E-state index contributed by atoms with van der Waals surface area (Å²) in [5, 5.41) is 6.91. The lowest BCUT2D eigenvalue weighted by Crippen LogP contribution is -2.23. The molecule has 0 bridgehead atoms. The fraction of sp³-hybridized carbons (Fsp3) is 0.214. The SMILES string of the molecule is Cc1cscc1CNC(=O)c1ccc(F)cc1C. The standard InChI is InChI=1S/C14H14FNOS/c1-9-5-12(15)3-4-13(9)14(17)16-6-11-8-18-7-10(11)2/h3-5,7-8H,6H2,1-2H3,(H,16,17). The van der Waals surface area contributed by atoms with Crippen LogP contribution in [0, 0.1) is 19.7 Å². The molecule has 0 aliphatic carbocycles. The second-order valence-electron chi connectivity index (χ2n) is 4.22. The lowest BCUT2D eigenvalue weighted by Gasteiger charge is -2.07. The van der Waals surface area contributed by atoms with Crippen LogP contribution in [0.5, 0.6) is 0 Å². The molecule has 2 rings (SSSR count). The van der Waals surface area contributed by atoms with E-state index in [4.69, 9.17) is 0 Å². The highest BCUT2D eigenvalue weighted by Crippen LogP contribution is 2.14. The van der Waals surface area contributed by atoms with E-state index >= 15 is 0 Å². The van der Waals surface area contributed by atoms with Crippen molar-refractivity contribution in [3.05, 3.63) is 57.0 Å². The first-order valence-electron chi connectivity index (χ1n) is 5.64. The number of carbonyl (C=O) groups excluding carboxylic acids is 1. The Kier molecular flexibility index (Phi) is 3.77. The Morgan fingerprint density at radius 1 is 1.28 bits per heavy atom. The number of thiophene rings is 1. The number of benzene rings is 1.